The second-order valence-electron chi connectivity index (χ2n) is 7.53. The highest BCUT2D eigenvalue weighted by atomic mass is 16.5. The minimum atomic E-state index is -0.365. The van der Waals surface area contributed by atoms with E-state index in [1.165, 1.54) is 0 Å². The predicted molar refractivity (Wildman–Crippen MR) is 94.9 cm³/mol. The van der Waals surface area contributed by atoms with Gasteiger partial charge in [-0.2, -0.15) is 0 Å². The van der Waals surface area contributed by atoms with Crippen LogP contribution in [0.3, 0.4) is 0 Å². The molecule has 0 spiro atoms. The van der Waals surface area contributed by atoms with E-state index in [1.54, 1.807) is 7.11 Å². The fourth-order valence-corrected chi connectivity index (χ4v) is 3.95. The van der Waals surface area contributed by atoms with E-state index in [4.69, 9.17) is 4.74 Å². The van der Waals surface area contributed by atoms with Crippen molar-refractivity contribution in [1.82, 2.24) is 10.2 Å². The molecule has 1 unspecified atom stereocenters. The van der Waals surface area contributed by atoms with E-state index >= 15 is 0 Å². The Labute approximate surface area is 145 Å². The highest BCUT2D eigenvalue weighted by Gasteiger charge is 2.42. The maximum Gasteiger partial charge on any atom is 0.270 e. The van der Waals surface area contributed by atoms with Gasteiger partial charge in [0.05, 0.1) is 12.7 Å². The zero-order chi connectivity index (χ0) is 17.8. The van der Waals surface area contributed by atoms with Crippen LogP contribution in [0.4, 0.5) is 5.82 Å². The van der Waals surface area contributed by atoms with Crippen molar-refractivity contribution in [3.63, 3.8) is 0 Å². The molecule has 0 bridgehead atoms. The van der Waals surface area contributed by atoms with Gasteiger partial charge in [0.25, 0.3) is 5.56 Å². The van der Waals surface area contributed by atoms with E-state index in [1.807, 2.05) is 24.3 Å². The van der Waals surface area contributed by atoms with Gasteiger partial charge >= 0.3 is 0 Å². The first-order valence-electron chi connectivity index (χ1n) is 8.37. The lowest BCUT2D eigenvalue weighted by atomic mass is 9.69. The van der Waals surface area contributed by atoms with Crippen LogP contribution in [0.1, 0.15) is 43.7 Å². The number of Topliss-reactive ketones (excluding diaryl/α,β-unsaturated/α-hetero) is 1. The summed E-state index contributed by atoms with van der Waals surface area (Å²) >= 11 is 0. The Morgan fingerprint density at radius 1 is 1.08 bits per heavy atom. The first-order valence-corrected chi connectivity index (χ1v) is 8.37. The van der Waals surface area contributed by atoms with Crippen LogP contribution in [0.25, 0.3) is 0 Å². The second-order valence-corrected chi connectivity index (χ2v) is 7.53. The Morgan fingerprint density at radius 2 is 1.80 bits per heavy atom. The van der Waals surface area contributed by atoms with Gasteiger partial charge in [-0.1, -0.05) is 26.0 Å². The van der Waals surface area contributed by atoms with Gasteiger partial charge in [0, 0.05) is 23.6 Å². The predicted octanol–water partition coefficient (Wildman–Crippen LogP) is 2.91. The Kier molecular flexibility index (Phi) is 3.39. The van der Waals surface area contributed by atoms with Crippen molar-refractivity contribution in [3.05, 3.63) is 57.0 Å². The summed E-state index contributed by atoms with van der Waals surface area (Å²) in [5, 5.41) is 8.82. The summed E-state index contributed by atoms with van der Waals surface area (Å²) in [6, 6.07) is 7.55. The molecule has 2 heterocycles. The van der Waals surface area contributed by atoms with Crippen molar-refractivity contribution in [2.45, 2.75) is 32.6 Å². The van der Waals surface area contributed by atoms with Crippen LogP contribution in [0.15, 0.2) is 40.3 Å². The summed E-state index contributed by atoms with van der Waals surface area (Å²) < 4.78 is 5.22. The van der Waals surface area contributed by atoms with E-state index in [0.29, 0.717) is 23.4 Å². The molecule has 130 valence electrons. The number of aromatic nitrogens is 2. The van der Waals surface area contributed by atoms with Crippen molar-refractivity contribution in [2.24, 2.45) is 5.41 Å². The molecule has 4 rings (SSSR count). The molecule has 2 aromatic rings. The van der Waals surface area contributed by atoms with Gasteiger partial charge in [-0.05, 0) is 29.5 Å². The number of hydrogen-bond acceptors (Lipinski definition) is 4. The van der Waals surface area contributed by atoms with Crippen molar-refractivity contribution < 1.29 is 9.53 Å². The number of aromatic amines is 2. The van der Waals surface area contributed by atoms with Crippen LogP contribution in [0.2, 0.25) is 0 Å². The Bertz CT molecular complexity index is 932. The molecule has 0 amide bonds. The van der Waals surface area contributed by atoms with Gasteiger partial charge in [0.1, 0.15) is 11.6 Å². The zero-order valence-corrected chi connectivity index (χ0v) is 14.5. The van der Waals surface area contributed by atoms with E-state index in [9.17, 15) is 9.59 Å². The topological polar surface area (TPSA) is 87.0 Å². The Hall–Kier alpha value is -2.76. The van der Waals surface area contributed by atoms with Crippen LogP contribution in [0, 0.1) is 5.41 Å². The number of benzene rings is 1. The number of nitrogens with one attached hydrogen (secondary N) is 3. The lowest BCUT2D eigenvalue weighted by Crippen LogP contribution is -2.34. The average Bonchev–Trinajstić information content (AvgIpc) is 2.93. The number of H-pyrrole nitrogens is 2. The van der Waals surface area contributed by atoms with Gasteiger partial charge in [-0.15, -0.1) is 0 Å². The number of ketones is 1. The van der Waals surface area contributed by atoms with Crippen molar-refractivity contribution in [2.75, 3.05) is 12.4 Å². The molecule has 1 aliphatic carbocycles. The highest BCUT2D eigenvalue weighted by molar-refractivity contribution is 6.01. The average molecular weight is 339 g/mol. The number of fused-ring (bicyclic) bond motifs is 1. The molecule has 0 fully saturated rings. The second kappa shape index (κ2) is 5.37. The SMILES string of the molecule is COc1ccc(C2C3=C(CC(C)(C)CC3=O)Nc3[nH][nH]c(=O)c32)cc1. The van der Waals surface area contributed by atoms with Crippen LogP contribution >= 0.6 is 0 Å². The van der Waals surface area contributed by atoms with Crippen LogP contribution in [-0.4, -0.2) is 23.1 Å². The first-order chi connectivity index (χ1) is 11.9. The lowest BCUT2D eigenvalue weighted by Gasteiger charge is -2.37. The molecule has 2 aliphatic rings. The number of rotatable bonds is 2. The van der Waals surface area contributed by atoms with Gasteiger partial charge < -0.3 is 10.1 Å². The van der Waals surface area contributed by atoms with Gasteiger partial charge in [-0.3, -0.25) is 19.8 Å². The largest absolute Gasteiger partial charge is 0.497 e. The van der Waals surface area contributed by atoms with Gasteiger partial charge in [-0.25, -0.2) is 0 Å². The molecule has 0 saturated heterocycles. The molecule has 6 nitrogen and oxygen atoms in total. The molecule has 25 heavy (non-hydrogen) atoms. The van der Waals surface area contributed by atoms with Crippen LogP contribution in [0.5, 0.6) is 5.75 Å². The minimum Gasteiger partial charge on any atom is -0.497 e. The van der Waals surface area contributed by atoms with Crippen LogP contribution < -0.4 is 15.6 Å². The summed E-state index contributed by atoms with van der Waals surface area (Å²) in [5.74, 6) is 1.13. The molecule has 6 heteroatoms. The van der Waals surface area contributed by atoms with Gasteiger partial charge in [0.2, 0.25) is 0 Å². The first kappa shape index (κ1) is 15.7. The Morgan fingerprint density at radius 3 is 2.48 bits per heavy atom. The molecule has 1 aliphatic heterocycles. The number of hydrogen-bond donors (Lipinski definition) is 3. The summed E-state index contributed by atoms with van der Waals surface area (Å²) in [5.41, 5.74) is 2.80. The standard InChI is InChI=1S/C19H21N3O3/c1-19(2)8-12-15(13(23)9-19)14(10-4-6-11(25-3)7-5-10)16-17(20-12)21-22-18(16)24/h4-7,14H,8-9H2,1-3H3,(H3,20,21,22,24). The summed E-state index contributed by atoms with van der Waals surface area (Å²) in [6.45, 7) is 4.18. The Balaban J connectivity index is 1.91. The highest BCUT2D eigenvalue weighted by Crippen LogP contribution is 2.47. The molecular weight excluding hydrogens is 318 g/mol. The molecule has 1 aromatic heterocycles. The maximum atomic E-state index is 12.9. The number of methoxy groups -OCH3 is 1. The summed E-state index contributed by atoms with van der Waals surface area (Å²) in [6.07, 6.45) is 1.26. The molecule has 1 atom stereocenters. The number of carbonyl (C=O) groups excluding carboxylic acids is 1. The van der Waals surface area contributed by atoms with Crippen molar-refractivity contribution in [1.29, 1.82) is 0 Å². The monoisotopic (exact) mass is 339 g/mol. The third-order valence-electron chi connectivity index (χ3n) is 5.04. The van der Waals surface area contributed by atoms with E-state index in [-0.39, 0.29) is 22.7 Å². The molecule has 0 radical (unpaired) electrons. The molecule has 0 saturated carbocycles. The van der Waals surface area contributed by atoms with Crippen molar-refractivity contribution >= 4 is 11.6 Å². The maximum absolute atomic E-state index is 12.9. The molecule has 1 aromatic carbocycles. The number of anilines is 1. The van der Waals surface area contributed by atoms with Gasteiger partial charge in [0.15, 0.2) is 5.78 Å². The third kappa shape index (κ3) is 2.49. The number of carbonyl (C=O) groups is 1. The van der Waals surface area contributed by atoms with E-state index in [0.717, 1.165) is 23.4 Å². The lowest BCUT2D eigenvalue weighted by molar-refractivity contribution is -0.118. The van der Waals surface area contributed by atoms with Crippen LogP contribution in [-0.2, 0) is 4.79 Å². The van der Waals surface area contributed by atoms with E-state index < -0.39 is 0 Å². The molecule has 3 N–H and O–H groups in total. The fraction of sp³-hybridized carbons (Fsp3) is 0.368. The summed E-state index contributed by atoms with van der Waals surface area (Å²) in [7, 11) is 1.61. The molecular formula is C19H21N3O3. The summed E-state index contributed by atoms with van der Waals surface area (Å²) in [4.78, 5) is 25.3. The van der Waals surface area contributed by atoms with E-state index in [2.05, 4.69) is 29.4 Å². The zero-order valence-electron chi connectivity index (χ0n) is 14.5. The quantitative estimate of drug-likeness (QED) is 0.785. The van der Waals surface area contributed by atoms with Crippen molar-refractivity contribution in [3.8, 4) is 5.75 Å². The fourth-order valence-electron chi connectivity index (χ4n) is 3.95. The third-order valence-corrected chi connectivity index (χ3v) is 5.04. The normalized spacial score (nSPS) is 21.4. The minimum absolute atomic E-state index is 0.0958. The number of ether oxygens (including phenoxy) is 1. The smallest absolute Gasteiger partial charge is 0.270 e. The number of allylic oxidation sites excluding steroid dienone is 2.